The number of anilines is 1. The lowest BCUT2D eigenvalue weighted by Gasteiger charge is -2.09. The summed E-state index contributed by atoms with van der Waals surface area (Å²) in [5.74, 6) is 0.893. The number of halogens is 1. The average molecular weight is 250 g/mol. The fraction of sp³-hybridized carbons (Fsp3) is 0.308. The Balaban J connectivity index is 2.26. The minimum Gasteiger partial charge on any atom is -0.356 e. The lowest BCUT2D eigenvalue weighted by atomic mass is 10.2. The Morgan fingerprint density at radius 3 is 2.82 bits per heavy atom. The van der Waals surface area contributed by atoms with Gasteiger partial charge < -0.3 is 9.88 Å². The van der Waals surface area contributed by atoms with Crippen LogP contribution in [0.1, 0.15) is 18.2 Å². The molecule has 1 N–H and O–H groups in total. The summed E-state index contributed by atoms with van der Waals surface area (Å²) in [6, 6.07) is 7.88. The van der Waals surface area contributed by atoms with Crippen LogP contribution >= 0.6 is 11.6 Å². The van der Waals surface area contributed by atoms with E-state index >= 15 is 0 Å². The molecule has 4 heteroatoms. The van der Waals surface area contributed by atoms with E-state index in [4.69, 9.17) is 11.6 Å². The molecule has 17 heavy (non-hydrogen) atoms. The van der Waals surface area contributed by atoms with Crippen LogP contribution in [0.5, 0.6) is 0 Å². The fourth-order valence-electron chi connectivity index (χ4n) is 1.78. The number of aromatic nitrogens is 2. The second-order valence-electron chi connectivity index (χ2n) is 3.96. The second kappa shape index (κ2) is 5.23. The van der Waals surface area contributed by atoms with Gasteiger partial charge in [0.2, 0.25) is 5.95 Å². The highest BCUT2D eigenvalue weighted by Crippen LogP contribution is 2.18. The van der Waals surface area contributed by atoms with E-state index in [2.05, 4.69) is 21.8 Å². The van der Waals surface area contributed by atoms with Crippen LogP contribution in [-0.4, -0.2) is 16.1 Å². The summed E-state index contributed by atoms with van der Waals surface area (Å²) in [5, 5.41) is 4.04. The maximum absolute atomic E-state index is 6.16. The van der Waals surface area contributed by atoms with Gasteiger partial charge in [-0.2, -0.15) is 0 Å². The zero-order chi connectivity index (χ0) is 12.3. The molecule has 0 aliphatic heterocycles. The third-order valence-corrected chi connectivity index (χ3v) is 2.90. The zero-order valence-corrected chi connectivity index (χ0v) is 10.8. The van der Waals surface area contributed by atoms with Crippen LogP contribution in [-0.2, 0) is 6.54 Å². The summed E-state index contributed by atoms with van der Waals surface area (Å²) >= 11 is 6.16. The standard InChI is InChI=1S/C13H16ClN3/c1-3-15-13-16-10(2)8-17(13)9-11-6-4-5-7-12(11)14/h4-8H,3,9H2,1-2H3,(H,15,16). The molecule has 0 aliphatic rings. The molecule has 3 nitrogen and oxygen atoms in total. The average Bonchev–Trinajstić information content (AvgIpc) is 2.63. The van der Waals surface area contributed by atoms with Crippen LogP contribution in [0.2, 0.25) is 5.02 Å². The fourth-order valence-corrected chi connectivity index (χ4v) is 1.97. The molecule has 0 spiro atoms. The number of hydrogen-bond acceptors (Lipinski definition) is 2. The van der Waals surface area contributed by atoms with Gasteiger partial charge in [-0.25, -0.2) is 4.98 Å². The van der Waals surface area contributed by atoms with E-state index in [-0.39, 0.29) is 0 Å². The highest BCUT2D eigenvalue weighted by Gasteiger charge is 2.06. The van der Waals surface area contributed by atoms with E-state index in [0.29, 0.717) is 0 Å². The summed E-state index contributed by atoms with van der Waals surface area (Å²) in [6.07, 6.45) is 2.03. The van der Waals surface area contributed by atoms with Gasteiger partial charge in [0.1, 0.15) is 0 Å². The normalized spacial score (nSPS) is 10.5. The highest BCUT2D eigenvalue weighted by molar-refractivity contribution is 6.31. The van der Waals surface area contributed by atoms with E-state index in [1.165, 1.54) is 0 Å². The first-order valence-electron chi connectivity index (χ1n) is 5.71. The molecule has 0 aliphatic carbocycles. The molecule has 0 saturated carbocycles. The first-order valence-corrected chi connectivity index (χ1v) is 6.09. The van der Waals surface area contributed by atoms with E-state index in [0.717, 1.165) is 35.3 Å². The van der Waals surface area contributed by atoms with Crippen LogP contribution in [0.3, 0.4) is 0 Å². The molecule has 2 aromatic rings. The molecule has 0 saturated heterocycles. The third kappa shape index (κ3) is 2.80. The van der Waals surface area contributed by atoms with E-state index in [9.17, 15) is 0 Å². The molecule has 1 heterocycles. The molecule has 0 atom stereocenters. The molecule has 0 unspecified atom stereocenters. The third-order valence-electron chi connectivity index (χ3n) is 2.53. The van der Waals surface area contributed by atoms with Gasteiger partial charge in [-0.15, -0.1) is 0 Å². The maximum Gasteiger partial charge on any atom is 0.203 e. The quantitative estimate of drug-likeness (QED) is 0.901. The summed E-state index contributed by atoms with van der Waals surface area (Å²) in [5.41, 5.74) is 2.11. The highest BCUT2D eigenvalue weighted by atomic mass is 35.5. The number of imidazole rings is 1. The largest absolute Gasteiger partial charge is 0.356 e. The van der Waals surface area contributed by atoms with Crippen molar-refractivity contribution in [3.8, 4) is 0 Å². The van der Waals surface area contributed by atoms with Crippen molar-refractivity contribution in [1.29, 1.82) is 0 Å². The van der Waals surface area contributed by atoms with Crippen molar-refractivity contribution in [1.82, 2.24) is 9.55 Å². The van der Waals surface area contributed by atoms with Crippen molar-refractivity contribution in [2.45, 2.75) is 20.4 Å². The molecule has 0 fully saturated rings. The minimum atomic E-state index is 0.739. The number of benzene rings is 1. The topological polar surface area (TPSA) is 29.9 Å². The van der Waals surface area contributed by atoms with Gasteiger partial charge in [-0.05, 0) is 25.5 Å². The Kier molecular flexibility index (Phi) is 3.69. The molecule has 0 bridgehead atoms. The van der Waals surface area contributed by atoms with Crippen LogP contribution in [0, 0.1) is 6.92 Å². The first-order chi connectivity index (χ1) is 8.20. The molecule has 90 valence electrons. The van der Waals surface area contributed by atoms with Gasteiger partial charge in [0.05, 0.1) is 12.2 Å². The van der Waals surface area contributed by atoms with Gasteiger partial charge in [-0.1, -0.05) is 29.8 Å². The Bertz CT molecular complexity index is 505. The molecule has 2 rings (SSSR count). The monoisotopic (exact) mass is 249 g/mol. The van der Waals surface area contributed by atoms with Crippen molar-refractivity contribution < 1.29 is 0 Å². The van der Waals surface area contributed by atoms with Gasteiger partial charge in [0, 0.05) is 17.8 Å². The minimum absolute atomic E-state index is 0.739. The van der Waals surface area contributed by atoms with Gasteiger partial charge >= 0.3 is 0 Å². The van der Waals surface area contributed by atoms with Crippen molar-refractivity contribution in [2.24, 2.45) is 0 Å². The van der Waals surface area contributed by atoms with Crippen LogP contribution in [0.4, 0.5) is 5.95 Å². The van der Waals surface area contributed by atoms with Crippen molar-refractivity contribution >= 4 is 17.5 Å². The predicted octanol–water partition coefficient (Wildman–Crippen LogP) is 3.33. The van der Waals surface area contributed by atoms with Crippen LogP contribution < -0.4 is 5.32 Å². The van der Waals surface area contributed by atoms with Gasteiger partial charge in [0.25, 0.3) is 0 Å². The summed E-state index contributed by atoms with van der Waals surface area (Å²) < 4.78 is 2.08. The molecule has 0 radical (unpaired) electrons. The molecular weight excluding hydrogens is 234 g/mol. The molecule has 1 aromatic carbocycles. The van der Waals surface area contributed by atoms with E-state index in [1.807, 2.05) is 37.4 Å². The van der Waals surface area contributed by atoms with E-state index in [1.54, 1.807) is 0 Å². The lowest BCUT2D eigenvalue weighted by molar-refractivity contribution is 0.799. The molecular formula is C13H16ClN3. The van der Waals surface area contributed by atoms with Crippen LogP contribution in [0.25, 0.3) is 0 Å². The summed E-state index contributed by atoms with van der Waals surface area (Å²) in [4.78, 5) is 4.43. The Labute approximate surface area is 106 Å². The van der Waals surface area contributed by atoms with E-state index < -0.39 is 0 Å². The van der Waals surface area contributed by atoms with Gasteiger partial charge in [0.15, 0.2) is 0 Å². The number of hydrogen-bond donors (Lipinski definition) is 1. The summed E-state index contributed by atoms with van der Waals surface area (Å²) in [7, 11) is 0. The number of nitrogens with zero attached hydrogens (tertiary/aromatic N) is 2. The van der Waals surface area contributed by atoms with Crippen molar-refractivity contribution in [3.63, 3.8) is 0 Å². The zero-order valence-electron chi connectivity index (χ0n) is 10.1. The van der Waals surface area contributed by atoms with Crippen molar-refractivity contribution in [3.05, 3.63) is 46.7 Å². The predicted molar refractivity (Wildman–Crippen MR) is 71.7 cm³/mol. The smallest absolute Gasteiger partial charge is 0.203 e. The maximum atomic E-state index is 6.16. The van der Waals surface area contributed by atoms with Gasteiger partial charge in [-0.3, -0.25) is 0 Å². The number of rotatable bonds is 4. The summed E-state index contributed by atoms with van der Waals surface area (Å²) in [6.45, 7) is 5.65. The second-order valence-corrected chi connectivity index (χ2v) is 4.36. The molecule has 0 amide bonds. The molecule has 1 aromatic heterocycles. The Morgan fingerprint density at radius 1 is 1.35 bits per heavy atom. The SMILES string of the molecule is CCNc1nc(C)cn1Cc1ccccc1Cl. The Hall–Kier alpha value is -1.48. The van der Waals surface area contributed by atoms with Crippen LogP contribution in [0.15, 0.2) is 30.5 Å². The number of nitrogens with one attached hydrogen (secondary N) is 1. The lowest BCUT2D eigenvalue weighted by Crippen LogP contribution is -2.07. The first kappa shape index (κ1) is 12.0. The Morgan fingerprint density at radius 2 is 2.12 bits per heavy atom. The van der Waals surface area contributed by atoms with Crippen molar-refractivity contribution in [2.75, 3.05) is 11.9 Å². The number of aryl methyl sites for hydroxylation is 1.